The zero-order valence-electron chi connectivity index (χ0n) is 12.0. The predicted molar refractivity (Wildman–Crippen MR) is 79.5 cm³/mol. The number of rotatable bonds is 3. The molecule has 21 heavy (non-hydrogen) atoms. The van der Waals surface area contributed by atoms with Gasteiger partial charge in [0.05, 0.1) is 19.3 Å². The maximum atomic E-state index is 12.5. The van der Waals surface area contributed by atoms with Crippen LogP contribution in [0.2, 0.25) is 0 Å². The molecule has 4 rings (SSSR count). The average molecular weight is 285 g/mol. The molecule has 1 aliphatic carbocycles. The summed E-state index contributed by atoms with van der Waals surface area (Å²) in [7, 11) is 0. The van der Waals surface area contributed by atoms with E-state index < -0.39 is 0 Å². The van der Waals surface area contributed by atoms with Crippen molar-refractivity contribution in [1.82, 2.24) is 4.90 Å². The van der Waals surface area contributed by atoms with Gasteiger partial charge in [-0.1, -0.05) is 18.2 Å². The van der Waals surface area contributed by atoms with E-state index >= 15 is 0 Å². The van der Waals surface area contributed by atoms with Crippen LogP contribution in [0.15, 0.2) is 34.7 Å². The highest BCUT2D eigenvalue weighted by atomic mass is 16.5. The summed E-state index contributed by atoms with van der Waals surface area (Å²) < 4.78 is 11.5. The lowest BCUT2D eigenvalue weighted by Gasteiger charge is -2.36. The van der Waals surface area contributed by atoms with E-state index in [1.165, 1.54) is 6.42 Å². The second-order valence-corrected chi connectivity index (χ2v) is 5.95. The summed E-state index contributed by atoms with van der Waals surface area (Å²) in [5.41, 5.74) is 0.779. The van der Waals surface area contributed by atoms with E-state index in [-0.39, 0.29) is 5.78 Å². The third kappa shape index (κ3) is 2.39. The van der Waals surface area contributed by atoms with Crippen molar-refractivity contribution in [2.75, 3.05) is 19.7 Å². The fourth-order valence-electron chi connectivity index (χ4n) is 3.58. The summed E-state index contributed by atoms with van der Waals surface area (Å²) in [6, 6.07) is 10.0. The molecule has 2 atom stereocenters. The number of carbonyl (C=O) groups excluding carboxylic acids is 1. The third-order valence-corrected chi connectivity index (χ3v) is 4.64. The van der Waals surface area contributed by atoms with Crippen LogP contribution in [0.5, 0.6) is 0 Å². The number of Topliss-reactive ketones (excluding diaryl/α,β-unsaturated/α-hetero) is 1. The highest BCUT2D eigenvalue weighted by Crippen LogP contribution is 2.30. The van der Waals surface area contributed by atoms with Gasteiger partial charge in [0.25, 0.3) is 0 Å². The zero-order valence-corrected chi connectivity index (χ0v) is 12.0. The maximum Gasteiger partial charge on any atom is 0.211 e. The van der Waals surface area contributed by atoms with E-state index in [2.05, 4.69) is 4.90 Å². The fraction of sp³-hybridized carbons (Fsp3) is 0.471. The monoisotopic (exact) mass is 285 g/mol. The van der Waals surface area contributed by atoms with Crippen LogP contribution < -0.4 is 0 Å². The Balaban J connectivity index is 1.52. The maximum absolute atomic E-state index is 12.5. The van der Waals surface area contributed by atoms with Crippen LogP contribution in [-0.2, 0) is 4.74 Å². The Morgan fingerprint density at radius 2 is 2.19 bits per heavy atom. The quantitative estimate of drug-likeness (QED) is 0.813. The molecule has 2 heterocycles. The number of ether oxygens (including phenoxy) is 1. The number of hydrogen-bond acceptors (Lipinski definition) is 4. The summed E-state index contributed by atoms with van der Waals surface area (Å²) in [5.74, 6) is 0.538. The van der Waals surface area contributed by atoms with Gasteiger partial charge in [-0.3, -0.25) is 9.69 Å². The van der Waals surface area contributed by atoms with E-state index in [0.717, 1.165) is 37.0 Å². The van der Waals surface area contributed by atoms with Crippen molar-refractivity contribution in [3.8, 4) is 0 Å². The van der Waals surface area contributed by atoms with Crippen LogP contribution in [0.3, 0.4) is 0 Å². The zero-order chi connectivity index (χ0) is 14.2. The van der Waals surface area contributed by atoms with Gasteiger partial charge in [0.2, 0.25) is 5.78 Å². The molecule has 0 N–H and O–H groups in total. The van der Waals surface area contributed by atoms with E-state index in [0.29, 0.717) is 24.5 Å². The van der Waals surface area contributed by atoms with Crippen molar-refractivity contribution in [3.05, 3.63) is 36.1 Å². The number of nitrogens with zero attached hydrogens (tertiary/aromatic N) is 1. The van der Waals surface area contributed by atoms with E-state index in [4.69, 9.17) is 9.15 Å². The first-order chi connectivity index (χ1) is 10.3. The summed E-state index contributed by atoms with van der Waals surface area (Å²) in [6.07, 6.45) is 3.78. The Bertz CT molecular complexity index is 630. The Kier molecular flexibility index (Phi) is 3.28. The highest BCUT2D eigenvalue weighted by molar-refractivity contribution is 5.98. The Labute approximate surface area is 123 Å². The molecule has 4 nitrogen and oxygen atoms in total. The molecule has 2 aliphatic rings. The molecule has 2 unspecified atom stereocenters. The molecule has 1 aromatic heterocycles. The molecule has 2 aromatic rings. The molecule has 4 heteroatoms. The molecular formula is C17H19NO3. The second kappa shape index (κ2) is 5.28. The summed E-state index contributed by atoms with van der Waals surface area (Å²) >= 11 is 0. The van der Waals surface area contributed by atoms with E-state index in [9.17, 15) is 4.79 Å². The van der Waals surface area contributed by atoms with Crippen molar-refractivity contribution < 1.29 is 13.9 Å². The molecule has 2 fully saturated rings. The first-order valence-electron chi connectivity index (χ1n) is 7.69. The average Bonchev–Trinajstić information content (AvgIpc) is 3.14. The predicted octanol–water partition coefficient (Wildman–Crippen LogP) is 2.87. The van der Waals surface area contributed by atoms with Crippen molar-refractivity contribution in [3.63, 3.8) is 0 Å². The molecule has 0 radical (unpaired) electrons. The van der Waals surface area contributed by atoms with Crippen molar-refractivity contribution >= 4 is 16.8 Å². The summed E-state index contributed by atoms with van der Waals surface area (Å²) in [5, 5.41) is 0.988. The lowest BCUT2D eigenvalue weighted by molar-refractivity contribution is -0.0523. The fourth-order valence-corrected chi connectivity index (χ4v) is 3.58. The number of hydrogen-bond donors (Lipinski definition) is 0. The van der Waals surface area contributed by atoms with E-state index in [1.807, 2.05) is 30.3 Å². The highest BCUT2D eigenvalue weighted by Gasteiger charge is 2.36. The van der Waals surface area contributed by atoms with Crippen LogP contribution in [0.1, 0.15) is 29.8 Å². The van der Waals surface area contributed by atoms with Gasteiger partial charge in [-0.25, -0.2) is 0 Å². The smallest absolute Gasteiger partial charge is 0.211 e. The van der Waals surface area contributed by atoms with Gasteiger partial charge in [0, 0.05) is 18.0 Å². The minimum absolute atomic E-state index is 0.0683. The number of benzene rings is 1. The lowest BCUT2D eigenvalue weighted by atomic mass is 10.1. The van der Waals surface area contributed by atoms with Crippen LogP contribution in [0.25, 0.3) is 11.0 Å². The Morgan fingerprint density at radius 3 is 3.10 bits per heavy atom. The van der Waals surface area contributed by atoms with Crippen LogP contribution in [0.4, 0.5) is 0 Å². The van der Waals surface area contributed by atoms with Crippen LogP contribution >= 0.6 is 0 Å². The van der Waals surface area contributed by atoms with Crippen molar-refractivity contribution in [2.45, 2.75) is 31.4 Å². The van der Waals surface area contributed by atoms with Crippen molar-refractivity contribution in [1.29, 1.82) is 0 Å². The first kappa shape index (κ1) is 13.0. The van der Waals surface area contributed by atoms with Crippen molar-refractivity contribution in [2.24, 2.45) is 0 Å². The Hall–Kier alpha value is -1.65. The molecule has 0 amide bonds. The third-order valence-electron chi connectivity index (χ3n) is 4.64. The lowest BCUT2D eigenvalue weighted by Crippen LogP contribution is -2.50. The number of furan rings is 1. The number of fused-ring (bicyclic) bond motifs is 2. The number of morpholine rings is 1. The molecule has 0 spiro atoms. The first-order valence-corrected chi connectivity index (χ1v) is 7.69. The standard InChI is InChI=1S/C17H19NO3/c19-14(17-10-12-4-1-2-6-15(12)21-17)11-18-8-9-20-16-7-3-5-13(16)18/h1-2,4,6,10,13,16H,3,5,7-9,11H2. The van der Waals surface area contributed by atoms with Gasteiger partial charge >= 0.3 is 0 Å². The molecular weight excluding hydrogens is 266 g/mol. The van der Waals surface area contributed by atoms with Gasteiger partial charge in [-0.2, -0.15) is 0 Å². The molecule has 1 saturated heterocycles. The molecule has 110 valence electrons. The normalized spacial score (nSPS) is 26.1. The summed E-state index contributed by atoms with van der Waals surface area (Å²) in [4.78, 5) is 14.8. The SMILES string of the molecule is O=C(CN1CCOC2CCCC21)c1cc2ccccc2o1. The van der Waals surface area contributed by atoms with Gasteiger partial charge in [-0.05, 0) is 31.4 Å². The largest absolute Gasteiger partial charge is 0.453 e. The van der Waals surface area contributed by atoms with Gasteiger partial charge < -0.3 is 9.15 Å². The topological polar surface area (TPSA) is 42.7 Å². The van der Waals surface area contributed by atoms with Crippen LogP contribution in [0, 0.1) is 0 Å². The van der Waals surface area contributed by atoms with Gasteiger partial charge in [-0.15, -0.1) is 0 Å². The van der Waals surface area contributed by atoms with Crippen LogP contribution in [-0.4, -0.2) is 42.5 Å². The minimum atomic E-state index is 0.0683. The molecule has 1 aliphatic heterocycles. The molecule has 1 aromatic carbocycles. The molecule has 0 bridgehead atoms. The number of carbonyl (C=O) groups is 1. The van der Waals surface area contributed by atoms with E-state index in [1.54, 1.807) is 0 Å². The number of ketones is 1. The second-order valence-electron chi connectivity index (χ2n) is 5.95. The minimum Gasteiger partial charge on any atom is -0.453 e. The number of para-hydroxylation sites is 1. The molecule has 1 saturated carbocycles. The Morgan fingerprint density at radius 1 is 1.29 bits per heavy atom. The summed E-state index contributed by atoms with van der Waals surface area (Å²) in [6.45, 7) is 2.01. The van der Waals surface area contributed by atoms with Gasteiger partial charge in [0.1, 0.15) is 5.58 Å². The van der Waals surface area contributed by atoms with Gasteiger partial charge in [0.15, 0.2) is 5.76 Å².